The molecule has 0 heterocycles. The Morgan fingerprint density at radius 1 is 1.00 bits per heavy atom. The Morgan fingerprint density at radius 3 is 1.00 bits per heavy atom. The quantitative estimate of drug-likeness (QED) is 0.267. The van der Waals surface area contributed by atoms with Crippen molar-refractivity contribution in [3.63, 3.8) is 0 Å². The molecule has 0 bridgehead atoms. The molecule has 0 unspecified atom stereocenters. The van der Waals surface area contributed by atoms with Crippen molar-refractivity contribution in [3.8, 4) is 0 Å². The van der Waals surface area contributed by atoms with E-state index in [4.69, 9.17) is 19.2 Å². The van der Waals surface area contributed by atoms with Gasteiger partial charge in [0.1, 0.15) is 0 Å². The summed E-state index contributed by atoms with van der Waals surface area (Å²) in [6.45, 7) is 0. The van der Waals surface area contributed by atoms with Gasteiger partial charge in [-0.1, -0.05) is 0 Å². The zero-order valence-corrected chi connectivity index (χ0v) is 10.7. The molecular weight excluding hydrogens is 330 g/mol. The Kier molecular flexibility index (Phi) is 22.9. The normalized spacial score (nSPS) is 7.38. The first-order chi connectivity index (χ1) is 2.00. The van der Waals surface area contributed by atoms with Gasteiger partial charge < -0.3 is 27.0 Å². The summed E-state index contributed by atoms with van der Waals surface area (Å²) < 4.78 is 8.88. The molecule has 0 aromatic heterocycles. The van der Waals surface area contributed by atoms with Gasteiger partial charge in [-0.25, -0.2) is 4.57 Å². The van der Waals surface area contributed by atoms with E-state index < -0.39 is 7.82 Å². The molecule has 0 aromatic rings. The second kappa shape index (κ2) is 7.95. The number of rotatable bonds is 0. The molecule has 0 atom stereocenters. The van der Waals surface area contributed by atoms with Crippen LogP contribution >= 0.6 is 7.82 Å². The molecule has 0 rings (SSSR count). The van der Waals surface area contributed by atoms with Gasteiger partial charge in [-0.15, -0.1) is 0 Å². The first-order valence-electron chi connectivity index (χ1n) is 0.783. The molecule has 9 N–H and O–H groups in total. The molecule has 6 nitrogen and oxygen atoms in total. The summed E-state index contributed by atoms with van der Waals surface area (Å²) in [4.78, 5) is 21.6. The van der Waals surface area contributed by atoms with E-state index in [9.17, 15) is 0 Å². The van der Waals surface area contributed by atoms with Crippen molar-refractivity contribution in [2.45, 2.75) is 0 Å². The van der Waals surface area contributed by atoms with E-state index in [1.807, 2.05) is 0 Å². The van der Waals surface area contributed by atoms with Crippen LogP contribution in [0.1, 0.15) is 0 Å². The van der Waals surface area contributed by atoms with E-state index in [0.717, 1.165) is 0 Å². The molecule has 0 aromatic carbocycles. The average Bonchev–Trinajstić information content (AvgIpc) is 0.722. The Bertz CT molecular complexity index is 60.2. The Hall–Kier alpha value is 0.952. The van der Waals surface area contributed by atoms with Crippen LogP contribution in [0.4, 0.5) is 0 Å². The van der Waals surface area contributed by atoms with Crippen LogP contribution in [0, 0.1) is 0 Å². The molecule has 54 valence electrons. The zero-order valence-electron chi connectivity index (χ0n) is 4.32. The zero-order chi connectivity index (χ0) is 4.50. The summed E-state index contributed by atoms with van der Waals surface area (Å²) in [5, 5.41) is 0. The van der Waals surface area contributed by atoms with Gasteiger partial charge in [-0.2, -0.15) is 0 Å². The Labute approximate surface area is 66.9 Å². The molecule has 0 saturated heterocycles. The van der Waals surface area contributed by atoms with Gasteiger partial charge in [0, 0.05) is 0 Å². The second-order valence-electron chi connectivity index (χ2n) is 0.513. The SMILES string of the molecule is N.N.O=P(O)(O)O.[PbH2]. The minimum absolute atomic E-state index is 0. The molecule has 0 aliphatic carbocycles. The van der Waals surface area contributed by atoms with Crippen LogP contribution in [0.15, 0.2) is 0 Å². The van der Waals surface area contributed by atoms with E-state index in [1.54, 1.807) is 0 Å². The molecule has 0 spiro atoms. The van der Waals surface area contributed by atoms with E-state index in [0.29, 0.717) is 0 Å². The van der Waals surface area contributed by atoms with Crippen LogP contribution in [0.5, 0.6) is 0 Å². The molecule has 0 fully saturated rings. The maximum absolute atomic E-state index is 8.88. The van der Waals surface area contributed by atoms with E-state index in [1.165, 1.54) is 0 Å². The molecule has 8 heteroatoms. The maximum atomic E-state index is 8.88. The van der Waals surface area contributed by atoms with E-state index in [-0.39, 0.29) is 39.6 Å². The fourth-order valence-electron chi connectivity index (χ4n) is 0. The van der Waals surface area contributed by atoms with Crippen molar-refractivity contribution < 1.29 is 19.2 Å². The number of hydrogen-bond acceptors (Lipinski definition) is 3. The third-order valence-corrected chi connectivity index (χ3v) is 0. The minimum atomic E-state index is -4.64. The number of phosphoric acid groups is 1. The van der Waals surface area contributed by atoms with Crippen molar-refractivity contribution >= 4 is 35.1 Å². The summed E-state index contributed by atoms with van der Waals surface area (Å²) in [6.07, 6.45) is 0. The van der Waals surface area contributed by atoms with Gasteiger partial charge in [0.05, 0.1) is 0 Å². The van der Waals surface area contributed by atoms with Crippen LogP contribution < -0.4 is 12.3 Å². The van der Waals surface area contributed by atoms with Crippen LogP contribution in [0.2, 0.25) is 0 Å². The standard InChI is InChI=1S/2H3N.H3O4P.Pb.2H/c;;1-5(2,3)4;;;/h2*1H3;(H3,1,2,3,4);;;. The molecule has 8 heavy (non-hydrogen) atoms. The monoisotopic (exact) mass is 342 g/mol. The van der Waals surface area contributed by atoms with Gasteiger partial charge in [-0.05, 0) is 0 Å². The summed E-state index contributed by atoms with van der Waals surface area (Å²) in [6, 6.07) is 0. The summed E-state index contributed by atoms with van der Waals surface area (Å²) >= 11 is 0. The molecule has 0 aliphatic rings. The van der Waals surface area contributed by atoms with Crippen molar-refractivity contribution in [3.05, 3.63) is 0 Å². The van der Waals surface area contributed by atoms with Gasteiger partial charge in [0.2, 0.25) is 0 Å². The summed E-state index contributed by atoms with van der Waals surface area (Å²) in [5.74, 6) is 0. The fraction of sp³-hybridized carbons (Fsp3) is 0. The predicted molar refractivity (Wildman–Crippen MR) is 32.9 cm³/mol. The summed E-state index contributed by atoms with van der Waals surface area (Å²) in [7, 11) is -4.64. The van der Waals surface area contributed by atoms with Crippen LogP contribution in [-0.2, 0) is 4.57 Å². The summed E-state index contributed by atoms with van der Waals surface area (Å²) in [5.41, 5.74) is 0. The van der Waals surface area contributed by atoms with Crippen molar-refractivity contribution in [1.82, 2.24) is 12.3 Å². The Balaban J connectivity index is -0.0000000267. The molecule has 2 radical (unpaired) electrons. The molecule has 0 aliphatic heterocycles. The molecule has 0 saturated carbocycles. The van der Waals surface area contributed by atoms with Crippen molar-refractivity contribution in [2.75, 3.05) is 0 Å². The number of hydrogen-bond donors (Lipinski definition) is 5. The third-order valence-electron chi connectivity index (χ3n) is 0. The Morgan fingerprint density at radius 2 is 1.00 bits per heavy atom. The van der Waals surface area contributed by atoms with Crippen LogP contribution in [0.25, 0.3) is 0 Å². The predicted octanol–water partition coefficient (Wildman–Crippen LogP) is -1.52. The van der Waals surface area contributed by atoms with Crippen molar-refractivity contribution in [2.24, 2.45) is 0 Å². The second-order valence-corrected chi connectivity index (χ2v) is 1.54. The van der Waals surface area contributed by atoms with Crippen molar-refractivity contribution in [1.29, 1.82) is 0 Å². The van der Waals surface area contributed by atoms with Gasteiger partial charge in [0.15, 0.2) is 0 Å². The average molecular weight is 341 g/mol. The van der Waals surface area contributed by atoms with Gasteiger partial charge >= 0.3 is 35.1 Å². The van der Waals surface area contributed by atoms with Crippen LogP contribution in [0.3, 0.4) is 0 Å². The topological polar surface area (TPSA) is 148 Å². The van der Waals surface area contributed by atoms with E-state index >= 15 is 0 Å². The molecule has 0 amide bonds. The van der Waals surface area contributed by atoms with Crippen LogP contribution in [-0.4, -0.2) is 42.0 Å². The van der Waals surface area contributed by atoms with Gasteiger partial charge in [0.25, 0.3) is 0 Å². The van der Waals surface area contributed by atoms with Gasteiger partial charge in [-0.3, -0.25) is 0 Å². The molecular formula is H11N2O4PPb. The third kappa shape index (κ3) is 272. The first kappa shape index (κ1) is 23.1. The first-order valence-corrected chi connectivity index (χ1v) is 2.35. The fourth-order valence-corrected chi connectivity index (χ4v) is 0. The van der Waals surface area contributed by atoms with E-state index in [2.05, 4.69) is 0 Å².